The summed E-state index contributed by atoms with van der Waals surface area (Å²) in [6.45, 7) is 0.452. The van der Waals surface area contributed by atoms with Crippen molar-refractivity contribution in [1.29, 1.82) is 5.26 Å². The van der Waals surface area contributed by atoms with Gasteiger partial charge in [0.2, 0.25) is 0 Å². The van der Waals surface area contributed by atoms with Crippen LogP contribution in [0.3, 0.4) is 0 Å². The number of rotatable bonds is 5. The summed E-state index contributed by atoms with van der Waals surface area (Å²) in [5.74, 6) is 0.247. The van der Waals surface area contributed by atoms with Crippen molar-refractivity contribution in [2.75, 3.05) is 6.61 Å². The van der Waals surface area contributed by atoms with Crippen LogP contribution in [0.5, 0.6) is 5.75 Å². The molecule has 1 aromatic carbocycles. The predicted octanol–water partition coefficient (Wildman–Crippen LogP) is 3.78. The van der Waals surface area contributed by atoms with Crippen LogP contribution in [0.25, 0.3) is 11.1 Å². The molecule has 0 bridgehead atoms. The van der Waals surface area contributed by atoms with Gasteiger partial charge in [-0.15, -0.1) is 0 Å². The first-order chi connectivity index (χ1) is 11.8. The first kappa shape index (κ1) is 15.6. The van der Waals surface area contributed by atoms with Gasteiger partial charge in [-0.1, -0.05) is 18.2 Å². The molecule has 3 aromatic rings. The van der Waals surface area contributed by atoms with Gasteiger partial charge < -0.3 is 4.74 Å². The number of nitriles is 1. The second-order valence-electron chi connectivity index (χ2n) is 5.14. The summed E-state index contributed by atoms with van der Waals surface area (Å²) in [4.78, 5) is 8.12. The van der Waals surface area contributed by atoms with Gasteiger partial charge >= 0.3 is 0 Å². The molecule has 5 heteroatoms. The lowest BCUT2D eigenvalue weighted by atomic mass is 10.1. The summed E-state index contributed by atoms with van der Waals surface area (Å²) in [7, 11) is 0. The molecule has 0 saturated heterocycles. The van der Waals surface area contributed by atoms with Gasteiger partial charge in [-0.25, -0.2) is 9.37 Å². The fourth-order valence-electron chi connectivity index (χ4n) is 2.30. The van der Waals surface area contributed by atoms with Crippen LogP contribution in [0, 0.1) is 17.1 Å². The van der Waals surface area contributed by atoms with Crippen molar-refractivity contribution in [3.8, 4) is 22.9 Å². The van der Waals surface area contributed by atoms with E-state index in [1.165, 1.54) is 18.3 Å². The van der Waals surface area contributed by atoms with Crippen LogP contribution in [0.4, 0.5) is 4.39 Å². The highest BCUT2D eigenvalue weighted by Gasteiger charge is 2.09. The quantitative estimate of drug-likeness (QED) is 0.718. The van der Waals surface area contributed by atoms with E-state index in [0.29, 0.717) is 24.3 Å². The monoisotopic (exact) mass is 319 g/mol. The smallest absolute Gasteiger partial charge is 0.145 e. The van der Waals surface area contributed by atoms with Crippen LogP contribution in [0.15, 0.2) is 61.1 Å². The first-order valence-electron chi connectivity index (χ1n) is 7.44. The van der Waals surface area contributed by atoms with Crippen molar-refractivity contribution in [3.05, 3.63) is 78.1 Å². The van der Waals surface area contributed by atoms with E-state index in [1.54, 1.807) is 30.6 Å². The number of nitrogens with zero attached hydrogens (tertiary/aromatic N) is 3. The normalized spacial score (nSPS) is 10.2. The van der Waals surface area contributed by atoms with E-state index in [0.717, 1.165) is 11.1 Å². The molecule has 4 nitrogen and oxygen atoms in total. The average Bonchev–Trinajstić information content (AvgIpc) is 2.63. The molecule has 2 aromatic heterocycles. The minimum absolute atomic E-state index is 0.286. The Morgan fingerprint density at radius 1 is 1.12 bits per heavy atom. The van der Waals surface area contributed by atoms with E-state index in [9.17, 15) is 4.39 Å². The number of hydrogen-bond acceptors (Lipinski definition) is 4. The van der Waals surface area contributed by atoms with E-state index in [1.807, 2.05) is 18.2 Å². The minimum atomic E-state index is -0.313. The Morgan fingerprint density at radius 3 is 2.67 bits per heavy atom. The number of hydrogen-bond donors (Lipinski definition) is 0. The molecule has 0 fully saturated rings. The van der Waals surface area contributed by atoms with Crippen molar-refractivity contribution in [3.63, 3.8) is 0 Å². The zero-order chi connectivity index (χ0) is 16.8. The molecule has 24 heavy (non-hydrogen) atoms. The van der Waals surface area contributed by atoms with Crippen molar-refractivity contribution >= 4 is 0 Å². The minimum Gasteiger partial charge on any atom is -0.491 e. The molecule has 0 saturated carbocycles. The Bertz CT molecular complexity index is 858. The molecule has 0 radical (unpaired) electrons. The maximum atomic E-state index is 13.1. The second kappa shape index (κ2) is 7.34. The van der Waals surface area contributed by atoms with Crippen LogP contribution in [0.1, 0.15) is 11.3 Å². The summed E-state index contributed by atoms with van der Waals surface area (Å²) in [6, 6.07) is 13.6. The molecule has 0 N–H and O–H groups in total. The highest BCUT2D eigenvalue weighted by atomic mass is 19.1. The lowest BCUT2D eigenvalue weighted by Crippen LogP contribution is -2.03. The lowest BCUT2D eigenvalue weighted by Gasteiger charge is -2.11. The van der Waals surface area contributed by atoms with Crippen LogP contribution in [-0.2, 0) is 6.42 Å². The van der Waals surface area contributed by atoms with Gasteiger partial charge in [0.15, 0.2) is 0 Å². The Hall–Kier alpha value is -3.26. The zero-order valence-electron chi connectivity index (χ0n) is 12.8. The summed E-state index contributed by atoms with van der Waals surface area (Å²) in [6.07, 6.45) is 5.75. The number of ether oxygens (including phenoxy) is 1. The van der Waals surface area contributed by atoms with Crippen molar-refractivity contribution in [2.45, 2.75) is 6.42 Å². The summed E-state index contributed by atoms with van der Waals surface area (Å²) >= 11 is 0. The van der Waals surface area contributed by atoms with Gasteiger partial charge in [0, 0.05) is 24.4 Å². The number of benzene rings is 1. The average molecular weight is 319 g/mol. The molecule has 0 amide bonds. The Balaban J connectivity index is 1.82. The van der Waals surface area contributed by atoms with E-state index in [-0.39, 0.29) is 11.5 Å². The fraction of sp³-hybridized carbons (Fsp3) is 0.105. The highest BCUT2D eigenvalue weighted by molar-refractivity contribution is 5.70. The molecule has 118 valence electrons. The standard InChI is InChI=1S/C19H14FN3O/c20-16-5-3-15(4-6-16)18-10-17(11-21)23-13-19(18)24-9-7-14-2-1-8-22-12-14/h1-6,8,10,12-13H,7,9H2. The maximum Gasteiger partial charge on any atom is 0.145 e. The molecule has 3 rings (SSSR count). The molecule has 0 aliphatic carbocycles. The van der Waals surface area contributed by atoms with Gasteiger partial charge in [0.05, 0.1) is 12.8 Å². The van der Waals surface area contributed by atoms with Crippen LogP contribution in [-0.4, -0.2) is 16.6 Å². The van der Waals surface area contributed by atoms with E-state index < -0.39 is 0 Å². The summed E-state index contributed by atoms with van der Waals surface area (Å²) in [5, 5.41) is 9.05. The summed E-state index contributed by atoms with van der Waals surface area (Å²) < 4.78 is 19.0. The van der Waals surface area contributed by atoms with Gasteiger partial charge in [0.1, 0.15) is 23.3 Å². The largest absolute Gasteiger partial charge is 0.491 e. The fourth-order valence-corrected chi connectivity index (χ4v) is 2.30. The second-order valence-corrected chi connectivity index (χ2v) is 5.14. The third kappa shape index (κ3) is 3.73. The third-order valence-electron chi connectivity index (χ3n) is 3.51. The molecule has 2 heterocycles. The molecule has 0 atom stereocenters. The number of halogens is 1. The Labute approximate surface area is 139 Å². The lowest BCUT2D eigenvalue weighted by molar-refractivity contribution is 0.322. The zero-order valence-corrected chi connectivity index (χ0v) is 12.8. The molecular weight excluding hydrogens is 305 g/mol. The third-order valence-corrected chi connectivity index (χ3v) is 3.51. The Morgan fingerprint density at radius 2 is 1.96 bits per heavy atom. The van der Waals surface area contributed by atoms with Crippen LogP contribution >= 0.6 is 0 Å². The van der Waals surface area contributed by atoms with Crippen LogP contribution in [0.2, 0.25) is 0 Å². The van der Waals surface area contributed by atoms with Crippen LogP contribution < -0.4 is 4.74 Å². The van der Waals surface area contributed by atoms with Crippen molar-refractivity contribution in [1.82, 2.24) is 9.97 Å². The molecular formula is C19H14FN3O. The molecule has 0 spiro atoms. The predicted molar refractivity (Wildman–Crippen MR) is 87.8 cm³/mol. The molecule has 0 aliphatic heterocycles. The highest BCUT2D eigenvalue weighted by Crippen LogP contribution is 2.30. The molecule has 0 aliphatic rings. The molecule has 0 unspecified atom stereocenters. The van der Waals surface area contributed by atoms with Crippen molar-refractivity contribution < 1.29 is 9.13 Å². The van der Waals surface area contributed by atoms with Crippen molar-refractivity contribution in [2.24, 2.45) is 0 Å². The Kier molecular flexibility index (Phi) is 4.78. The van der Waals surface area contributed by atoms with Gasteiger partial charge in [-0.05, 0) is 35.4 Å². The van der Waals surface area contributed by atoms with Gasteiger partial charge in [-0.2, -0.15) is 5.26 Å². The van der Waals surface area contributed by atoms with E-state index >= 15 is 0 Å². The SMILES string of the molecule is N#Cc1cc(-c2ccc(F)cc2)c(OCCc2cccnc2)cn1. The van der Waals surface area contributed by atoms with Gasteiger partial charge in [-0.3, -0.25) is 4.98 Å². The topological polar surface area (TPSA) is 58.8 Å². The summed E-state index contributed by atoms with van der Waals surface area (Å²) in [5.41, 5.74) is 2.84. The van der Waals surface area contributed by atoms with E-state index in [2.05, 4.69) is 9.97 Å². The number of aromatic nitrogens is 2. The van der Waals surface area contributed by atoms with E-state index in [4.69, 9.17) is 10.00 Å². The van der Waals surface area contributed by atoms with Gasteiger partial charge in [0.25, 0.3) is 0 Å². The maximum absolute atomic E-state index is 13.1. The first-order valence-corrected chi connectivity index (χ1v) is 7.44. The number of pyridine rings is 2.